The molecule has 0 saturated heterocycles. The van der Waals surface area contributed by atoms with E-state index in [2.05, 4.69) is 10.3 Å². The number of carboxylic acids is 1. The summed E-state index contributed by atoms with van der Waals surface area (Å²) in [4.78, 5) is 16.2. The van der Waals surface area contributed by atoms with E-state index in [1.54, 1.807) is 24.3 Å². The number of hydrogen-bond acceptors (Lipinski definition) is 7. The van der Waals surface area contributed by atoms with Crippen LogP contribution in [0.1, 0.15) is 29.0 Å². The minimum absolute atomic E-state index is 0.0888. The molecule has 1 aromatic heterocycles. The van der Waals surface area contributed by atoms with E-state index in [4.69, 9.17) is 9.15 Å². The number of anilines is 1. The smallest absolute Gasteiger partial charge is 0.318 e. The number of benzene rings is 3. The topological polar surface area (TPSA) is 122 Å². The monoisotopic (exact) mass is 561 g/mol. The van der Waals surface area contributed by atoms with Crippen LogP contribution in [0, 0.1) is 6.92 Å². The maximum absolute atomic E-state index is 13.5. The highest BCUT2D eigenvalue weighted by atomic mass is 32.2. The maximum atomic E-state index is 13.5. The van der Waals surface area contributed by atoms with Crippen molar-refractivity contribution in [2.45, 2.75) is 38.1 Å². The van der Waals surface area contributed by atoms with E-state index in [-0.39, 0.29) is 6.54 Å². The molecule has 1 unspecified atom stereocenters. The predicted octanol–water partition coefficient (Wildman–Crippen LogP) is 4.87. The van der Waals surface area contributed by atoms with Crippen molar-refractivity contribution < 1.29 is 27.5 Å². The van der Waals surface area contributed by atoms with Gasteiger partial charge in [0, 0.05) is 24.2 Å². The van der Waals surface area contributed by atoms with E-state index in [0.29, 0.717) is 43.1 Å². The number of carbonyl (C=O) groups is 1. The highest BCUT2D eigenvalue weighted by Gasteiger charge is 2.35. The molecule has 0 radical (unpaired) electrons. The van der Waals surface area contributed by atoms with Crippen molar-refractivity contribution in [1.29, 1.82) is 0 Å². The molecule has 0 saturated carbocycles. The van der Waals surface area contributed by atoms with Gasteiger partial charge in [-0.25, -0.2) is 13.4 Å². The van der Waals surface area contributed by atoms with E-state index in [1.807, 2.05) is 61.5 Å². The lowest BCUT2D eigenvalue weighted by Gasteiger charge is -2.31. The second-order valence-corrected chi connectivity index (χ2v) is 11.8. The number of aliphatic carboxylic acids is 1. The van der Waals surface area contributed by atoms with Crippen LogP contribution >= 0.6 is 0 Å². The number of oxazole rings is 1. The molecule has 5 rings (SSSR count). The number of ether oxygens (including phenoxy) is 1. The average Bonchev–Trinajstić information content (AvgIpc) is 3.33. The first-order valence-corrected chi connectivity index (χ1v) is 14.6. The fourth-order valence-corrected chi connectivity index (χ4v) is 6.44. The van der Waals surface area contributed by atoms with Gasteiger partial charge in [0.25, 0.3) is 0 Å². The minimum Gasteiger partial charge on any atom is -0.493 e. The van der Waals surface area contributed by atoms with Crippen LogP contribution in [0.4, 0.5) is 5.69 Å². The maximum Gasteiger partial charge on any atom is 0.318 e. The van der Waals surface area contributed by atoms with Gasteiger partial charge in [0.15, 0.2) is 0 Å². The van der Waals surface area contributed by atoms with Gasteiger partial charge in [-0.3, -0.25) is 4.79 Å². The number of aromatic nitrogens is 1. The van der Waals surface area contributed by atoms with Gasteiger partial charge in [-0.2, -0.15) is 4.31 Å². The molecule has 0 fully saturated rings. The summed E-state index contributed by atoms with van der Waals surface area (Å²) in [5, 5.41) is 11.7. The number of carboxylic acid groups (broad SMARTS) is 1. The van der Waals surface area contributed by atoms with Gasteiger partial charge in [0.1, 0.15) is 23.4 Å². The van der Waals surface area contributed by atoms with Gasteiger partial charge in [-0.05, 0) is 61.2 Å². The number of sulfonamides is 1. The summed E-state index contributed by atoms with van der Waals surface area (Å²) in [5.41, 5.74) is 4.13. The van der Waals surface area contributed by atoms with E-state index in [0.717, 1.165) is 32.6 Å². The van der Waals surface area contributed by atoms with Crippen LogP contribution in [-0.4, -0.2) is 47.3 Å². The molecule has 40 heavy (non-hydrogen) atoms. The molecular formula is C30H31N3O6S. The second-order valence-electron chi connectivity index (χ2n) is 9.67. The number of fused-ring (bicyclic) bond motifs is 1. The third kappa shape index (κ3) is 6.35. The number of nitrogens with one attached hydrogen (secondary N) is 1. The number of rotatable bonds is 11. The molecule has 1 atom stereocenters. The van der Waals surface area contributed by atoms with Crippen molar-refractivity contribution in [2.75, 3.05) is 18.5 Å². The zero-order valence-corrected chi connectivity index (χ0v) is 22.9. The molecule has 1 aliphatic rings. The lowest BCUT2D eigenvalue weighted by Crippen LogP contribution is -2.45. The Balaban J connectivity index is 1.24. The minimum atomic E-state index is -3.97. The van der Waals surface area contributed by atoms with Crippen molar-refractivity contribution in [3.8, 4) is 17.2 Å². The third-order valence-corrected chi connectivity index (χ3v) is 8.87. The largest absolute Gasteiger partial charge is 0.493 e. The zero-order valence-electron chi connectivity index (χ0n) is 22.1. The van der Waals surface area contributed by atoms with Crippen LogP contribution < -0.4 is 10.1 Å². The van der Waals surface area contributed by atoms with Crippen LogP contribution in [0.25, 0.3) is 11.5 Å². The Morgan fingerprint density at radius 2 is 1.88 bits per heavy atom. The van der Waals surface area contributed by atoms with Gasteiger partial charge in [-0.15, -0.1) is 0 Å². The van der Waals surface area contributed by atoms with Crippen molar-refractivity contribution in [1.82, 2.24) is 9.29 Å². The Morgan fingerprint density at radius 3 is 2.67 bits per heavy atom. The van der Waals surface area contributed by atoms with Gasteiger partial charge < -0.3 is 19.6 Å². The zero-order chi connectivity index (χ0) is 28.1. The Morgan fingerprint density at radius 1 is 1.10 bits per heavy atom. The van der Waals surface area contributed by atoms with Crippen LogP contribution in [0.3, 0.4) is 0 Å². The first-order valence-electron chi connectivity index (χ1n) is 13.1. The second kappa shape index (κ2) is 11.9. The standard InChI is InChI=1S/C30H31N3O6S/c1-21-26(32-30(39-21)24-10-3-2-4-11-24)16-17-38-25-12-7-8-22(18-25)19-33(20-29(34)35)40(36,37)28-15-14-23-9-5-6-13-27(23)31-28/h2-13,18,28,31H,14-17,19-20H2,1H3,(H,34,35). The summed E-state index contributed by atoms with van der Waals surface area (Å²) in [7, 11) is -3.97. The van der Waals surface area contributed by atoms with E-state index >= 15 is 0 Å². The molecular weight excluding hydrogens is 530 g/mol. The van der Waals surface area contributed by atoms with E-state index in [9.17, 15) is 18.3 Å². The molecule has 3 aromatic carbocycles. The lowest BCUT2D eigenvalue weighted by molar-refractivity contribution is -0.137. The van der Waals surface area contributed by atoms with Gasteiger partial charge in [-0.1, -0.05) is 48.5 Å². The third-order valence-electron chi connectivity index (χ3n) is 6.82. The lowest BCUT2D eigenvalue weighted by atomic mass is 10.0. The molecule has 0 bridgehead atoms. The van der Waals surface area contributed by atoms with Gasteiger partial charge >= 0.3 is 5.97 Å². The number of hydrogen-bond donors (Lipinski definition) is 2. The average molecular weight is 562 g/mol. The van der Waals surface area contributed by atoms with Crippen LogP contribution in [0.2, 0.25) is 0 Å². The highest BCUT2D eigenvalue weighted by Crippen LogP contribution is 2.29. The van der Waals surface area contributed by atoms with E-state index < -0.39 is 27.9 Å². The van der Waals surface area contributed by atoms with Crippen molar-refractivity contribution in [3.05, 3.63) is 101 Å². The molecule has 10 heteroatoms. The normalized spacial score (nSPS) is 14.9. The number of para-hydroxylation sites is 1. The van der Waals surface area contributed by atoms with Crippen LogP contribution in [0.15, 0.2) is 83.3 Å². The number of aryl methyl sites for hydroxylation is 2. The summed E-state index contributed by atoms with van der Waals surface area (Å²) < 4.78 is 39.9. The van der Waals surface area contributed by atoms with Crippen molar-refractivity contribution >= 4 is 21.7 Å². The molecule has 2 N–H and O–H groups in total. The Bertz CT molecular complexity index is 1590. The molecule has 1 aliphatic heterocycles. The Hall–Kier alpha value is -4.15. The molecule has 0 amide bonds. The van der Waals surface area contributed by atoms with Gasteiger partial charge in [0.05, 0.1) is 12.3 Å². The predicted molar refractivity (Wildman–Crippen MR) is 151 cm³/mol. The summed E-state index contributed by atoms with van der Waals surface area (Å²) in [6.45, 7) is 1.48. The summed E-state index contributed by atoms with van der Waals surface area (Å²) >= 11 is 0. The van der Waals surface area contributed by atoms with E-state index in [1.165, 1.54) is 0 Å². The molecule has 4 aromatic rings. The fourth-order valence-electron chi connectivity index (χ4n) is 4.77. The number of nitrogens with zero attached hydrogens (tertiary/aromatic N) is 2. The molecule has 0 aliphatic carbocycles. The Labute approximate surface area is 233 Å². The quantitative estimate of drug-likeness (QED) is 0.266. The summed E-state index contributed by atoms with van der Waals surface area (Å²) in [6.07, 6.45) is 1.47. The summed E-state index contributed by atoms with van der Waals surface area (Å²) in [6, 6.07) is 24.3. The molecule has 208 valence electrons. The fraction of sp³-hybridized carbons (Fsp3) is 0.267. The first kappa shape index (κ1) is 27.4. The van der Waals surface area contributed by atoms with Gasteiger partial charge in [0.2, 0.25) is 15.9 Å². The van der Waals surface area contributed by atoms with Crippen molar-refractivity contribution in [2.24, 2.45) is 0 Å². The van der Waals surface area contributed by atoms with Crippen LogP contribution in [-0.2, 0) is 34.2 Å². The Kier molecular flexibility index (Phi) is 8.18. The highest BCUT2D eigenvalue weighted by molar-refractivity contribution is 7.89. The molecule has 9 nitrogen and oxygen atoms in total. The molecule has 0 spiro atoms. The first-order chi connectivity index (χ1) is 19.3. The SMILES string of the molecule is Cc1oc(-c2ccccc2)nc1CCOc1cccc(CN(CC(=O)O)S(=O)(=O)C2CCc3ccccc3N2)c1. The molecule has 2 heterocycles. The van der Waals surface area contributed by atoms with Crippen LogP contribution in [0.5, 0.6) is 5.75 Å². The van der Waals surface area contributed by atoms with Crippen molar-refractivity contribution in [3.63, 3.8) is 0 Å². The summed E-state index contributed by atoms with van der Waals surface area (Å²) in [5.74, 6) is 0.625.